The summed E-state index contributed by atoms with van der Waals surface area (Å²) in [6.07, 6.45) is 3.80. The van der Waals surface area contributed by atoms with Crippen molar-refractivity contribution in [1.82, 2.24) is 20.2 Å². The second-order valence-corrected chi connectivity index (χ2v) is 8.79. The summed E-state index contributed by atoms with van der Waals surface area (Å²) < 4.78 is 33.7. The lowest BCUT2D eigenvalue weighted by molar-refractivity contribution is 0.190. The second-order valence-electron chi connectivity index (χ2n) is 8.79. The third kappa shape index (κ3) is 5.34. The van der Waals surface area contributed by atoms with E-state index < -0.39 is 11.6 Å². The molecule has 1 aromatic heterocycles. The predicted molar refractivity (Wildman–Crippen MR) is 127 cm³/mol. The molecule has 2 aromatic carbocycles. The Kier molecular flexibility index (Phi) is 6.74. The smallest absolute Gasteiger partial charge is 0.317 e. The Bertz CT molecular complexity index is 1200. The molecule has 1 saturated heterocycles. The molecular formula is C26H27F2N5O2. The van der Waals surface area contributed by atoms with E-state index in [2.05, 4.69) is 15.2 Å². The molecule has 1 fully saturated rings. The third-order valence-electron chi connectivity index (χ3n) is 6.32. The lowest BCUT2D eigenvalue weighted by atomic mass is 10.1. The lowest BCUT2D eigenvalue weighted by Crippen LogP contribution is -2.43. The first kappa shape index (κ1) is 23.0. The molecule has 3 heterocycles. The molecule has 1 N–H and O–H groups in total. The highest BCUT2D eigenvalue weighted by molar-refractivity contribution is 5.74. The van der Waals surface area contributed by atoms with Crippen LogP contribution in [0.2, 0.25) is 0 Å². The van der Waals surface area contributed by atoms with Crippen LogP contribution in [0.1, 0.15) is 36.1 Å². The van der Waals surface area contributed by atoms with Crippen LogP contribution in [0.25, 0.3) is 0 Å². The number of nitrogens with zero attached hydrogens (tertiary/aromatic N) is 4. The number of hydrogen-bond acceptors (Lipinski definition) is 5. The minimum absolute atomic E-state index is 0.123. The van der Waals surface area contributed by atoms with Crippen molar-refractivity contribution in [2.24, 2.45) is 0 Å². The largest absolute Gasteiger partial charge is 0.435 e. The Morgan fingerprint density at radius 3 is 2.57 bits per heavy atom. The first-order valence-corrected chi connectivity index (χ1v) is 11.9. The van der Waals surface area contributed by atoms with Crippen molar-refractivity contribution in [3.05, 3.63) is 77.0 Å². The van der Waals surface area contributed by atoms with Crippen LogP contribution >= 0.6 is 0 Å². The van der Waals surface area contributed by atoms with Crippen molar-refractivity contribution in [2.75, 3.05) is 24.5 Å². The average molecular weight is 480 g/mol. The van der Waals surface area contributed by atoms with Gasteiger partial charge < -0.3 is 19.9 Å². The summed E-state index contributed by atoms with van der Waals surface area (Å²) in [5, 5.41) is 2.94. The van der Waals surface area contributed by atoms with Crippen LogP contribution in [0.15, 0.2) is 48.5 Å². The molecule has 3 aromatic rings. The van der Waals surface area contributed by atoms with Crippen LogP contribution in [0, 0.1) is 11.6 Å². The average Bonchev–Trinajstić information content (AvgIpc) is 2.89. The van der Waals surface area contributed by atoms with E-state index in [4.69, 9.17) is 9.72 Å². The standard InChI is InChI=1S/C26H27F2N5O2/c27-19-9-10-23(21(28)15-19)35-24-20-17-33(26(34)29-16-18-7-3-1-4-8-18)14-11-22(20)30-25(31-24)32-12-5-2-6-13-32/h1,3-4,7-10,15H,2,5-6,11-14,16-17H2,(H,29,34). The minimum atomic E-state index is -0.815. The number of halogens is 2. The van der Waals surface area contributed by atoms with Crippen LogP contribution in [-0.4, -0.2) is 40.5 Å². The number of nitrogens with one attached hydrogen (secondary N) is 1. The van der Waals surface area contributed by atoms with Crippen molar-refractivity contribution in [1.29, 1.82) is 0 Å². The van der Waals surface area contributed by atoms with Crippen LogP contribution in [0.3, 0.4) is 0 Å². The summed E-state index contributed by atoms with van der Waals surface area (Å²) in [5.74, 6) is -0.882. The van der Waals surface area contributed by atoms with Gasteiger partial charge in [-0.25, -0.2) is 18.6 Å². The maximum atomic E-state index is 14.4. The monoisotopic (exact) mass is 479 g/mol. The molecule has 2 amide bonds. The molecule has 35 heavy (non-hydrogen) atoms. The molecular weight excluding hydrogens is 452 g/mol. The van der Waals surface area contributed by atoms with Crippen molar-refractivity contribution in [2.45, 2.75) is 38.8 Å². The number of hydrogen-bond donors (Lipinski definition) is 1. The first-order chi connectivity index (χ1) is 17.1. The van der Waals surface area contributed by atoms with Gasteiger partial charge in [-0.1, -0.05) is 30.3 Å². The second kappa shape index (κ2) is 10.2. The maximum Gasteiger partial charge on any atom is 0.317 e. The van der Waals surface area contributed by atoms with Gasteiger partial charge >= 0.3 is 6.03 Å². The first-order valence-electron chi connectivity index (χ1n) is 11.9. The summed E-state index contributed by atoms with van der Waals surface area (Å²) >= 11 is 0. The van der Waals surface area contributed by atoms with E-state index >= 15 is 0 Å². The summed E-state index contributed by atoms with van der Waals surface area (Å²) in [7, 11) is 0. The molecule has 2 aliphatic rings. The number of anilines is 1. The van der Waals surface area contributed by atoms with Crippen LogP contribution in [0.5, 0.6) is 11.6 Å². The molecule has 0 aliphatic carbocycles. The molecule has 182 valence electrons. The minimum Gasteiger partial charge on any atom is -0.435 e. The summed E-state index contributed by atoms with van der Waals surface area (Å²) in [6, 6.07) is 12.6. The van der Waals surface area contributed by atoms with Crippen molar-refractivity contribution < 1.29 is 18.3 Å². The predicted octanol–water partition coefficient (Wildman–Crippen LogP) is 4.81. The molecule has 0 unspecified atom stereocenters. The number of aromatic nitrogens is 2. The van der Waals surface area contributed by atoms with Gasteiger partial charge in [0.1, 0.15) is 5.82 Å². The highest BCUT2D eigenvalue weighted by Gasteiger charge is 2.28. The zero-order valence-corrected chi connectivity index (χ0v) is 19.3. The van der Waals surface area contributed by atoms with Crippen LogP contribution in [-0.2, 0) is 19.5 Å². The summed E-state index contributed by atoms with van der Waals surface area (Å²) in [4.78, 5) is 26.1. The van der Waals surface area contributed by atoms with Gasteiger partial charge in [-0.15, -0.1) is 0 Å². The topological polar surface area (TPSA) is 70.6 Å². The maximum absolute atomic E-state index is 14.4. The Balaban J connectivity index is 1.40. The molecule has 0 atom stereocenters. The fourth-order valence-electron chi connectivity index (χ4n) is 4.41. The van der Waals surface area contributed by atoms with Gasteiger partial charge in [0, 0.05) is 38.7 Å². The highest BCUT2D eigenvalue weighted by Crippen LogP contribution is 2.33. The molecule has 0 radical (unpaired) electrons. The zero-order valence-electron chi connectivity index (χ0n) is 19.3. The van der Waals surface area contributed by atoms with Gasteiger partial charge in [0.25, 0.3) is 0 Å². The number of benzene rings is 2. The Morgan fingerprint density at radius 2 is 1.80 bits per heavy atom. The van der Waals surface area contributed by atoms with Gasteiger partial charge in [0.05, 0.1) is 17.8 Å². The quantitative estimate of drug-likeness (QED) is 0.569. The number of amides is 2. The van der Waals surface area contributed by atoms with E-state index in [0.29, 0.717) is 31.0 Å². The Hall–Kier alpha value is -3.75. The number of ether oxygens (including phenoxy) is 1. The van der Waals surface area contributed by atoms with Gasteiger partial charge in [-0.2, -0.15) is 4.98 Å². The van der Waals surface area contributed by atoms with Gasteiger partial charge in [-0.05, 0) is 37.0 Å². The van der Waals surface area contributed by atoms with E-state index in [1.54, 1.807) is 4.90 Å². The van der Waals surface area contributed by atoms with Gasteiger partial charge in [0.15, 0.2) is 11.6 Å². The molecule has 0 saturated carbocycles. The van der Waals surface area contributed by atoms with Crippen molar-refractivity contribution in [3.63, 3.8) is 0 Å². The molecule has 7 nitrogen and oxygen atoms in total. The Labute approximate surface area is 202 Å². The van der Waals surface area contributed by atoms with E-state index in [1.807, 2.05) is 30.3 Å². The molecule has 0 spiro atoms. The summed E-state index contributed by atoms with van der Waals surface area (Å²) in [5.41, 5.74) is 2.42. The van der Waals surface area contributed by atoms with Gasteiger partial charge in [0.2, 0.25) is 11.8 Å². The Morgan fingerprint density at radius 1 is 1.00 bits per heavy atom. The molecule has 5 rings (SSSR count). The number of carbonyl (C=O) groups is 1. The molecule has 9 heteroatoms. The fraction of sp³-hybridized carbons (Fsp3) is 0.346. The summed E-state index contributed by atoms with van der Waals surface area (Å²) in [6.45, 7) is 2.83. The van der Waals surface area contributed by atoms with Crippen molar-refractivity contribution >= 4 is 12.0 Å². The number of fused-ring (bicyclic) bond motifs is 1. The number of rotatable bonds is 5. The number of urea groups is 1. The molecule has 0 bridgehead atoms. The van der Waals surface area contributed by atoms with E-state index in [0.717, 1.165) is 49.3 Å². The number of piperidine rings is 1. The lowest BCUT2D eigenvalue weighted by Gasteiger charge is -2.32. The van der Waals surface area contributed by atoms with Crippen molar-refractivity contribution in [3.8, 4) is 11.6 Å². The zero-order chi connectivity index (χ0) is 24.2. The van der Waals surface area contributed by atoms with Crippen LogP contribution < -0.4 is 15.0 Å². The van der Waals surface area contributed by atoms with E-state index in [9.17, 15) is 13.6 Å². The third-order valence-corrected chi connectivity index (χ3v) is 6.32. The van der Waals surface area contributed by atoms with E-state index in [-0.39, 0.29) is 24.2 Å². The number of carbonyl (C=O) groups excluding carboxylic acids is 1. The van der Waals surface area contributed by atoms with E-state index in [1.165, 1.54) is 12.5 Å². The molecule has 2 aliphatic heterocycles. The van der Waals surface area contributed by atoms with Gasteiger partial charge in [-0.3, -0.25) is 0 Å². The SMILES string of the molecule is O=C(NCc1ccccc1)N1CCc2nc(N3CCCCC3)nc(Oc3ccc(F)cc3F)c2C1. The normalized spacial score (nSPS) is 15.5. The highest BCUT2D eigenvalue weighted by atomic mass is 19.1. The fourth-order valence-corrected chi connectivity index (χ4v) is 4.41. The van der Waals surface area contributed by atoms with Crippen LogP contribution in [0.4, 0.5) is 19.5 Å².